The first kappa shape index (κ1) is 18.3. The van der Waals surface area contributed by atoms with E-state index in [2.05, 4.69) is 31.4 Å². The summed E-state index contributed by atoms with van der Waals surface area (Å²) in [4.78, 5) is 22.1. The van der Waals surface area contributed by atoms with E-state index in [0.717, 1.165) is 6.42 Å². The maximum absolute atomic E-state index is 11.3. The van der Waals surface area contributed by atoms with Gasteiger partial charge in [0.15, 0.2) is 0 Å². The topological polar surface area (TPSA) is 58.2 Å². The second-order valence-electron chi connectivity index (χ2n) is 4.83. The Morgan fingerprint density at radius 3 is 1.88 bits per heavy atom. The van der Waals surface area contributed by atoms with Crippen molar-refractivity contribution in [3.8, 4) is 0 Å². The predicted molar refractivity (Wildman–Crippen MR) is 71.7 cm³/mol. The molecule has 0 atom stereocenters. The van der Waals surface area contributed by atoms with Gasteiger partial charge in [-0.25, -0.2) is 0 Å². The molecule has 4 nitrogen and oxygen atoms in total. The van der Waals surface area contributed by atoms with E-state index in [9.17, 15) is 9.59 Å². The molecule has 2 N–H and O–H groups in total. The van der Waals surface area contributed by atoms with Crippen LogP contribution in [0.15, 0.2) is 0 Å². The van der Waals surface area contributed by atoms with Gasteiger partial charge >= 0.3 is 0 Å². The molecule has 0 aliphatic carbocycles. The summed E-state index contributed by atoms with van der Waals surface area (Å²) in [5.41, 5.74) is 0.230. The van der Waals surface area contributed by atoms with E-state index in [1.165, 1.54) is 0 Å². The molecular formula is C13H28N2O2. The Balaban J connectivity index is 0. The fourth-order valence-electron chi connectivity index (χ4n) is 1.02. The second kappa shape index (κ2) is 10.1. The lowest BCUT2D eigenvalue weighted by Crippen LogP contribution is -2.28. The van der Waals surface area contributed by atoms with Crippen LogP contribution in [0.1, 0.15) is 53.9 Å². The minimum Gasteiger partial charge on any atom is -0.359 e. The molecule has 0 fully saturated rings. The summed E-state index contributed by atoms with van der Waals surface area (Å²) in [6.07, 6.45) is 1.47. The highest BCUT2D eigenvalue weighted by Gasteiger charge is 2.10. The van der Waals surface area contributed by atoms with Gasteiger partial charge in [0.25, 0.3) is 0 Å². The van der Waals surface area contributed by atoms with Crippen molar-refractivity contribution >= 4 is 11.8 Å². The van der Waals surface area contributed by atoms with Gasteiger partial charge in [0.1, 0.15) is 0 Å². The Kier molecular flexibility index (Phi) is 10.9. The van der Waals surface area contributed by atoms with E-state index in [-0.39, 0.29) is 30.1 Å². The van der Waals surface area contributed by atoms with Gasteiger partial charge < -0.3 is 10.6 Å². The molecule has 2 amide bonds. The van der Waals surface area contributed by atoms with Crippen molar-refractivity contribution in [2.24, 2.45) is 5.41 Å². The van der Waals surface area contributed by atoms with Crippen LogP contribution < -0.4 is 10.6 Å². The highest BCUT2D eigenvalue weighted by atomic mass is 16.2. The molecule has 0 rings (SSSR count). The standard InChI is InChI=1S/C11H22N2O2.C2H6/c1-11(2,3)7-8-13-10(15)6-5-9(14)12-4;1-2/h5-8H2,1-4H3,(H,12,14)(H,13,15);1-2H3. The fourth-order valence-corrected chi connectivity index (χ4v) is 1.02. The summed E-state index contributed by atoms with van der Waals surface area (Å²) in [5.74, 6) is -0.149. The predicted octanol–water partition coefficient (Wildman–Crippen LogP) is 2.09. The molecule has 0 aromatic heterocycles. The molecule has 0 saturated heterocycles. The monoisotopic (exact) mass is 244 g/mol. The van der Waals surface area contributed by atoms with Gasteiger partial charge in [0.05, 0.1) is 0 Å². The van der Waals surface area contributed by atoms with Crippen LogP contribution in [0.5, 0.6) is 0 Å². The number of hydrogen-bond acceptors (Lipinski definition) is 2. The van der Waals surface area contributed by atoms with Crippen molar-refractivity contribution in [3.05, 3.63) is 0 Å². The van der Waals surface area contributed by atoms with Crippen LogP contribution in [0.25, 0.3) is 0 Å². The third-order valence-corrected chi connectivity index (χ3v) is 2.06. The van der Waals surface area contributed by atoms with E-state index in [1.54, 1.807) is 7.05 Å². The van der Waals surface area contributed by atoms with Crippen molar-refractivity contribution in [1.82, 2.24) is 10.6 Å². The van der Waals surface area contributed by atoms with Gasteiger partial charge in [0, 0.05) is 26.4 Å². The molecule has 0 aromatic carbocycles. The first-order valence-corrected chi connectivity index (χ1v) is 6.32. The van der Waals surface area contributed by atoms with Gasteiger partial charge in [-0.3, -0.25) is 9.59 Å². The molecule has 4 heteroatoms. The summed E-state index contributed by atoms with van der Waals surface area (Å²) in [5, 5.41) is 5.28. The van der Waals surface area contributed by atoms with Gasteiger partial charge in [-0.1, -0.05) is 34.6 Å². The minimum absolute atomic E-state index is 0.0529. The van der Waals surface area contributed by atoms with Crippen LogP contribution in [0.2, 0.25) is 0 Å². The SMILES string of the molecule is CC.CNC(=O)CCC(=O)NCCC(C)(C)C. The normalized spacial score (nSPS) is 10.0. The largest absolute Gasteiger partial charge is 0.359 e. The van der Waals surface area contributed by atoms with Crippen LogP contribution in [0, 0.1) is 5.41 Å². The van der Waals surface area contributed by atoms with Crippen molar-refractivity contribution in [1.29, 1.82) is 0 Å². The van der Waals surface area contributed by atoms with Crippen molar-refractivity contribution < 1.29 is 9.59 Å². The van der Waals surface area contributed by atoms with E-state index in [1.807, 2.05) is 13.8 Å². The summed E-state index contributed by atoms with van der Waals surface area (Å²) in [7, 11) is 1.57. The van der Waals surface area contributed by atoms with Gasteiger partial charge in [0.2, 0.25) is 11.8 Å². The van der Waals surface area contributed by atoms with Crippen LogP contribution in [0.3, 0.4) is 0 Å². The quantitative estimate of drug-likeness (QED) is 0.778. The first-order chi connectivity index (χ1) is 7.85. The molecule has 0 spiro atoms. The number of rotatable bonds is 5. The molecule has 0 radical (unpaired) electrons. The average molecular weight is 244 g/mol. The zero-order valence-electron chi connectivity index (χ0n) is 12.1. The third kappa shape index (κ3) is 14.9. The van der Waals surface area contributed by atoms with Crippen molar-refractivity contribution in [2.75, 3.05) is 13.6 Å². The number of carbonyl (C=O) groups excluding carboxylic acids is 2. The lowest BCUT2D eigenvalue weighted by Gasteiger charge is -2.17. The molecule has 0 saturated carbocycles. The van der Waals surface area contributed by atoms with Gasteiger partial charge in [-0.05, 0) is 11.8 Å². The summed E-state index contributed by atoms with van der Waals surface area (Å²) in [6, 6.07) is 0. The Morgan fingerprint density at radius 1 is 1.00 bits per heavy atom. The summed E-state index contributed by atoms with van der Waals surface area (Å²) in [6.45, 7) is 11.1. The Labute approximate surface area is 106 Å². The van der Waals surface area contributed by atoms with Gasteiger partial charge in [-0.15, -0.1) is 0 Å². The first-order valence-electron chi connectivity index (χ1n) is 6.32. The van der Waals surface area contributed by atoms with Crippen molar-refractivity contribution in [2.45, 2.75) is 53.9 Å². The lowest BCUT2D eigenvalue weighted by atomic mass is 9.92. The van der Waals surface area contributed by atoms with Crippen molar-refractivity contribution in [3.63, 3.8) is 0 Å². The zero-order chi connectivity index (χ0) is 13.9. The summed E-state index contributed by atoms with van der Waals surface area (Å²) < 4.78 is 0. The zero-order valence-corrected chi connectivity index (χ0v) is 12.1. The second-order valence-corrected chi connectivity index (χ2v) is 4.83. The molecule has 0 aromatic rings. The highest BCUT2D eigenvalue weighted by Crippen LogP contribution is 2.16. The fraction of sp³-hybridized carbons (Fsp3) is 0.846. The Bertz CT molecular complexity index is 220. The van der Waals surface area contributed by atoms with Crippen LogP contribution in [0.4, 0.5) is 0 Å². The molecule has 0 bridgehead atoms. The molecule has 102 valence electrons. The molecule has 17 heavy (non-hydrogen) atoms. The smallest absolute Gasteiger partial charge is 0.220 e. The molecule has 0 aliphatic rings. The molecule has 0 unspecified atom stereocenters. The van der Waals surface area contributed by atoms with E-state index >= 15 is 0 Å². The van der Waals surface area contributed by atoms with Crippen LogP contribution >= 0.6 is 0 Å². The maximum Gasteiger partial charge on any atom is 0.220 e. The number of amides is 2. The molecule has 0 heterocycles. The minimum atomic E-state index is -0.0963. The third-order valence-electron chi connectivity index (χ3n) is 2.06. The van der Waals surface area contributed by atoms with Crippen LogP contribution in [-0.4, -0.2) is 25.4 Å². The van der Waals surface area contributed by atoms with E-state index in [0.29, 0.717) is 6.54 Å². The summed E-state index contributed by atoms with van der Waals surface area (Å²) >= 11 is 0. The number of nitrogens with one attached hydrogen (secondary N) is 2. The molecular weight excluding hydrogens is 216 g/mol. The number of carbonyl (C=O) groups is 2. The van der Waals surface area contributed by atoms with Crippen LogP contribution in [-0.2, 0) is 9.59 Å². The van der Waals surface area contributed by atoms with E-state index < -0.39 is 0 Å². The average Bonchev–Trinajstić information content (AvgIpc) is 2.27. The molecule has 0 aliphatic heterocycles. The lowest BCUT2D eigenvalue weighted by molar-refractivity contribution is -0.126. The highest BCUT2D eigenvalue weighted by molar-refractivity contribution is 5.83. The Morgan fingerprint density at radius 2 is 1.47 bits per heavy atom. The number of hydrogen-bond donors (Lipinski definition) is 2. The Hall–Kier alpha value is -1.06. The van der Waals surface area contributed by atoms with Gasteiger partial charge in [-0.2, -0.15) is 0 Å². The maximum atomic E-state index is 11.3. The van der Waals surface area contributed by atoms with E-state index in [4.69, 9.17) is 0 Å².